The molecule has 12 aliphatic carbocycles. The summed E-state index contributed by atoms with van der Waals surface area (Å²) in [7, 11) is 0. The highest BCUT2D eigenvalue weighted by atomic mass is 15.1. The van der Waals surface area contributed by atoms with Gasteiger partial charge in [-0.3, -0.25) is 0 Å². The van der Waals surface area contributed by atoms with Crippen LogP contribution in [0.25, 0.3) is 0 Å². The van der Waals surface area contributed by atoms with Crippen molar-refractivity contribution >= 4 is 0 Å². The van der Waals surface area contributed by atoms with Crippen LogP contribution in [0.3, 0.4) is 0 Å². The Kier molecular flexibility index (Phi) is 1.15. The van der Waals surface area contributed by atoms with Crippen LogP contribution in [-0.2, 0) is 5.41 Å². The number of hydrogen-bond donors (Lipinski definition) is 0. The molecule has 12 saturated carbocycles. The predicted molar refractivity (Wildman–Crippen MR) is 94.4 cm³/mol. The average molecular weight is 336 g/mol. The lowest BCUT2D eigenvalue weighted by Crippen LogP contribution is -2.40. The number of hydrogen-bond acceptors (Lipinski definition) is 0. The Bertz CT molecular complexity index is 862. The maximum absolute atomic E-state index is 2.61. The quantitative estimate of drug-likeness (QED) is 0.732. The summed E-state index contributed by atoms with van der Waals surface area (Å²) in [4.78, 5) is 0. The van der Waals surface area contributed by atoms with Gasteiger partial charge < -0.3 is 0 Å². The van der Waals surface area contributed by atoms with Crippen LogP contribution in [0.2, 0.25) is 0 Å². The Morgan fingerprint density at radius 3 is 1.04 bits per heavy atom. The van der Waals surface area contributed by atoms with Gasteiger partial charge in [0.05, 0.1) is 0 Å². The molecule has 128 valence electrons. The van der Waals surface area contributed by atoms with Gasteiger partial charge in [0, 0.05) is 5.41 Å². The lowest BCUT2D eigenvalue weighted by molar-refractivity contribution is 0.161. The molecule has 0 saturated heterocycles. The van der Waals surface area contributed by atoms with E-state index in [0.29, 0.717) is 5.41 Å². The summed E-state index contributed by atoms with van der Waals surface area (Å²) >= 11 is 0. The summed E-state index contributed by atoms with van der Waals surface area (Å²) in [5.74, 6) is 23.4. The van der Waals surface area contributed by atoms with Crippen LogP contribution in [0.5, 0.6) is 0 Å². The van der Waals surface area contributed by atoms with E-state index in [-0.39, 0.29) is 0 Å². The van der Waals surface area contributed by atoms with Gasteiger partial charge >= 0.3 is 0 Å². The first-order chi connectivity index (χ1) is 13.0. The minimum absolute atomic E-state index is 0.694. The SMILES string of the molecule is c1ccc(C23C4[C@@H]5[C@@H]6C7C8C9[C@@H]%10[C@@H]7[C@@H]5C2[C@H]%10[C@@H]2C3[C@H]3[C@@H](C8[C@@H]6[C@@H]43)[C@H]92)cc1. The van der Waals surface area contributed by atoms with Crippen LogP contribution in [0, 0.1) is 112 Å². The third kappa shape index (κ3) is 0.591. The average Bonchev–Trinajstić information content (AvgIpc) is 3.34. The summed E-state index contributed by atoms with van der Waals surface area (Å²) in [6, 6.07) is 12.3. The van der Waals surface area contributed by atoms with Gasteiger partial charge in [-0.1, -0.05) is 30.3 Å². The van der Waals surface area contributed by atoms with Crippen molar-refractivity contribution in [2.75, 3.05) is 0 Å². The molecule has 12 fully saturated rings. The molecule has 26 heavy (non-hydrogen) atoms. The molecule has 0 bridgehead atoms. The standard InChI is InChI=1S/C26H24/c1-2-4-6(5-3-1)26-23-17-11-8-7-9-13(11)19(23)21-15(9)16-10(7)14-12(8)18(17)24(26)20(14)22(16)25(21)26/h1-5,7-25H/t7?,8?,9?,10?,11-,12-,13-,14+,15+,16+,17-,18+,19+,20+,21+,22-,23?,24?,25?,26?/m0/s1. The van der Waals surface area contributed by atoms with Crippen LogP contribution in [0.15, 0.2) is 30.3 Å². The predicted octanol–water partition coefficient (Wildman–Crippen LogP) is 3.78. The van der Waals surface area contributed by atoms with Crippen molar-refractivity contribution in [2.45, 2.75) is 5.41 Å². The van der Waals surface area contributed by atoms with E-state index in [4.69, 9.17) is 0 Å². The molecule has 8 unspecified atom stereocenters. The van der Waals surface area contributed by atoms with Gasteiger partial charge in [0.25, 0.3) is 0 Å². The van der Waals surface area contributed by atoms with Crippen molar-refractivity contribution in [2.24, 2.45) is 112 Å². The van der Waals surface area contributed by atoms with Crippen LogP contribution >= 0.6 is 0 Å². The van der Waals surface area contributed by atoms with Crippen molar-refractivity contribution in [3.05, 3.63) is 35.9 Å². The zero-order chi connectivity index (χ0) is 15.6. The molecule has 0 spiro atoms. The van der Waals surface area contributed by atoms with E-state index in [9.17, 15) is 0 Å². The summed E-state index contributed by atoms with van der Waals surface area (Å²) in [6.45, 7) is 0. The Morgan fingerprint density at radius 1 is 0.385 bits per heavy atom. The van der Waals surface area contributed by atoms with E-state index < -0.39 is 0 Å². The van der Waals surface area contributed by atoms with E-state index in [1.807, 2.05) is 5.56 Å². The molecule has 13 rings (SSSR count). The fourth-order valence-electron chi connectivity index (χ4n) is 16.8. The van der Waals surface area contributed by atoms with Gasteiger partial charge in [0.15, 0.2) is 0 Å². The molecular weight excluding hydrogens is 312 g/mol. The van der Waals surface area contributed by atoms with Gasteiger partial charge in [-0.2, -0.15) is 0 Å². The van der Waals surface area contributed by atoms with E-state index in [1.165, 1.54) is 94.7 Å². The van der Waals surface area contributed by atoms with Crippen molar-refractivity contribution in [1.29, 1.82) is 0 Å². The van der Waals surface area contributed by atoms with Crippen molar-refractivity contribution in [3.8, 4) is 0 Å². The second-order valence-corrected chi connectivity index (χ2v) is 13.1. The first kappa shape index (κ1) is 11.3. The smallest absolute Gasteiger partial charge is 0.00547 e. The summed E-state index contributed by atoms with van der Waals surface area (Å²) in [5, 5.41) is 0. The first-order valence-electron chi connectivity index (χ1n) is 12.0. The van der Waals surface area contributed by atoms with Gasteiger partial charge in [-0.05, 0) is 118 Å². The Balaban J connectivity index is 1.34. The molecule has 0 amide bonds. The number of rotatable bonds is 1. The minimum Gasteiger partial charge on any atom is -0.0622 e. The van der Waals surface area contributed by atoms with Gasteiger partial charge in [-0.15, -0.1) is 0 Å². The molecular formula is C26H24. The largest absolute Gasteiger partial charge is 0.0622 e. The van der Waals surface area contributed by atoms with Crippen molar-refractivity contribution < 1.29 is 0 Å². The molecule has 0 radical (unpaired) electrons. The number of benzene rings is 1. The maximum atomic E-state index is 2.61. The van der Waals surface area contributed by atoms with Gasteiger partial charge in [0.1, 0.15) is 0 Å². The Hall–Kier alpha value is -0.780. The lowest BCUT2D eigenvalue weighted by Gasteiger charge is -2.40. The molecule has 0 N–H and O–H groups in total. The zero-order valence-corrected chi connectivity index (χ0v) is 14.9. The lowest BCUT2D eigenvalue weighted by atomic mass is 9.63. The molecule has 12 aliphatic rings. The van der Waals surface area contributed by atoms with Crippen LogP contribution < -0.4 is 0 Å². The molecule has 0 heteroatoms. The fourth-order valence-corrected chi connectivity index (χ4v) is 16.8. The van der Waals surface area contributed by atoms with Gasteiger partial charge in [0.2, 0.25) is 0 Å². The molecule has 1 aromatic rings. The van der Waals surface area contributed by atoms with E-state index >= 15 is 0 Å². The van der Waals surface area contributed by atoms with Crippen LogP contribution in [0.4, 0.5) is 0 Å². The molecule has 1 aromatic carbocycles. The summed E-state index contributed by atoms with van der Waals surface area (Å²) in [5.41, 5.74) is 2.55. The first-order valence-corrected chi connectivity index (χ1v) is 12.0. The Morgan fingerprint density at radius 2 is 0.692 bits per heavy atom. The fraction of sp³-hybridized carbons (Fsp3) is 0.769. The molecule has 0 aliphatic heterocycles. The normalized spacial score (nSPS) is 88.5. The zero-order valence-electron chi connectivity index (χ0n) is 14.9. The van der Waals surface area contributed by atoms with Crippen molar-refractivity contribution in [1.82, 2.24) is 0 Å². The van der Waals surface area contributed by atoms with E-state index in [0.717, 1.165) is 17.8 Å². The highest BCUT2D eigenvalue weighted by molar-refractivity contribution is 5.53. The maximum Gasteiger partial charge on any atom is 0.00547 e. The Labute approximate surface area is 154 Å². The third-order valence-corrected chi connectivity index (χ3v) is 14.7. The minimum atomic E-state index is 0.694. The molecule has 20 atom stereocenters. The van der Waals surface area contributed by atoms with Gasteiger partial charge in [-0.25, -0.2) is 0 Å². The topological polar surface area (TPSA) is 0 Å². The molecule has 0 heterocycles. The second-order valence-electron chi connectivity index (χ2n) is 13.1. The molecule has 0 nitrogen and oxygen atoms in total. The summed E-state index contributed by atoms with van der Waals surface area (Å²) < 4.78 is 0. The van der Waals surface area contributed by atoms with Crippen LogP contribution in [-0.4, -0.2) is 0 Å². The highest BCUT2D eigenvalue weighted by Gasteiger charge is 3.01. The monoisotopic (exact) mass is 336 g/mol. The van der Waals surface area contributed by atoms with E-state index in [2.05, 4.69) is 30.3 Å². The van der Waals surface area contributed by atoms with Crippen molar-refractivity contribution in [3.63, 3.8) is 0 Å². The molecule has 0 aromatic heterocycles. The van der Waals surface area contributed by atoms with Crippen LogP contribution in [0.1, 0.15) is 5.56 Å². The summed E-state index contributed by atoms with van der Waals surface area (Å²) in [6.07, 6.45) is 0. The highest BCUT2D eigenvalue weighted by Crippen LogP contribution is 3.04. The van der Waals surface area contributed by atoms with E-state index in [1.54, 1.807) is 0 Å². The third-order valence-electron chi connectivity index (χ3n) is 14.7. The second kappa shape index (κ2) is 2.65.